The molecule has 41 heavy (non-hydrogen) atoms. The topological polar surface area (TPSA) is 32.7 Å². The molecule has 0 saturated carbocycles. The van der Waals surface area contributed by atoms with Gasteiger partial charge in [-0.1, -0.05) is 55.1 Å². The molecule has 2 heterocycles. The van der Waals surface area contributed by atoms with Crippen molar-refractivity contribution in [1.29, 1.82) is 0 Å². The second-order valence-corrected chi connectivity index (χ2v) is 11.4. The molecule has 1 aliphatic heterocycles. The van der Waals surface area contributed by atoms with Crippen LogP contribution in [-0.2, 0) is 30.7 Å². The van der Waals surface area contributed by atoms with Gasteiger partial charge in [-0.3, -0.25) is 0 Å². The van der Waals surface area contributed by atoms with Crippen LogP contribution in [-0.4, -0.2) is 60.7 Å². The summed E-state index contributed by atoms with van der Waals surface area (Å²) in [4.78, 5) is 5.27. The van der Waals surface area contributed by atoms with Crippen molar-refractivity contribution < 1.29 is 9.13 Å². The van der Waals surface area contributed by atoms with Gasteiger partial charge in [-0.25, -0.2) is 4.39 Å². The molecule has 0 amide bonds. The Bertz CT molecular complexity index is 1410. The van der Waals surface area contributed by atoms with Crippen molar-refractivity contribution in [2.75, 3.05) is 46.4 Å². The predicted molar refractivity (Wildman–Crippen MR) is 166 cm³/mol. The summed E-state index contributed by atoms with van der Waals surface area (Å²) in [5.41, 5.74) is 4.56. The molecule has 0 spiro atoms. The Kier molecular flexibility index (Phi) is 10.3. The first-order valence-corrected chi connectivity index (χ1v) is 15.2. The van der Waals surface area contributed by atoms with Crippen LogP contribution in [0.25, 0.3) is 11.8 Å². The Morgan fingerprint density at radius 2 is 1.73 bits per heavy atom. The van der Waals surface area contributed by atoms with E-state index < -0.39 is 0 Å². The number of nitrogens with one attached hydrogen (secondary N) is 1. The van der Waals surface area contributed by atoms with E-state index in [2.05, 4.69) is 68.9 Å². The van der Waals surface area contributed by atoms with Crippen molar-refractivity contribution in [3.05, 3.63) is 106 Å². The van der Waals surface area contributed by atoms with Crippen LogP contribution in [0.2, 0.25) is 0 Å². The van der Waals surface area contributed by atoms with Crippen LogP contribution in [0.15, 0.2) is 73.1 Å². The van der Waals surface area contributed by atoms with Crippen molar-refractivity contribution in [2.24, 2.45) is 0 Å². The fraction of sp³-hybridized carbons (Fsp3) is 0.429. The number of hydrogen-bond donors (Lipinski definition) is 1. The molecule has 1 aromatic heterocycles. The molecule has 6 heteroatoms. The lowest BCUT2D eigenvalue weighted by molar-refractivity contribution is 0.253. The van der Waals surface area contributed by atoms with Crippen LogP contribution in [0.1, 0.15) is 42.4 Å². The number of aromatic nitrogens is 1. The summed E-state index contributed by atoms with van der Waals surface area (Å²) in [5, 5.41) is 5.91. The van der Waals surface area contributed by atoms with E-state index >= 15 is 0 Å². The minimum absolute atomic E-state index is 0.209. The van der Waals surface area contributed by atoms with Gasteiger partial charge in [0.05, 0.1) is 12.5 Å². The quantitative estimate of drug-likeness (QED) is 0.338. The van der Waals surface area contributed by atoms with Gasteiger partial charge in [-0.05, 0) is 74.1 Å². The summed E-state index contributed by atoms with van der Waals surface area (Å²) >= 11 is 0. The summed E-state index contributed by atoms with van der Waals surface area (Å²) in [6.07, 6.45) is 10.8. The smallest absolute Gasteiger partial charge is 0.123 e. The SMILES string of the molecule is C=C(Cc1cn(CCCN2CCCN(CCc3ccccc3)CC2)c2c1=CCCC=2OC)NCc1cccc(F)c1. The molecule has 0 bridgehead atoms. The van der Waals surface area contributed by atoms with Gasteiger partial charge in [0.15, 0.2) is 0 Å². The van der Waals surface area contributed by atoms with Crippen molar-refractivity contribution in [3.8, 4) is 0 Å². The van der Waals surface area contributed by atoms with Gasteiger partial charge in [0.25, 0.3) is 0 Å². The summed E-state index contributed by atoms with van der Waals surface area (Å²) in [6.45, 7) is 12.7. The fourth-order valence-corrected chi connectivity index (χ4v) is 6.18. The third-order valence-electron chi connectivity index (χ3n) is 8.38. The normalized spacial score (nSPS) is 16.1. The number of halogens is 1. The maximum atomic E-state index is 13.6. The van der Waals surface area contributed by atoms with Crippen LogP contribution in [0.4, 0.5) is 4.39 Å². The van der Waals surface area contributed by atoms with Gasteiger partial charge in [-0.2, -0.15) is 0 Å². The monoisotopic (exact) mass is 556 g/mol. The first kappa shape index (κ1) is 29.2. The zero-order chi connectivity index (χ0) is 28.4. The number of benzene rings is 2. The summed E-state index contributed by atoms with van der Waals surface area (Å²) in [6, 6.07) is 17.6. The van der Waals surface area contributed by atoms with Crippen molar-refractivity contribution in [3.63, 3.8) is 0 Å². The Labute approximate surface area is 244 Å². The van der Waals surface area contributed by atoms with E-state index in [-0.39, 0.29) is 5.82 Å². The lowest BCUT2D eigenvalue weighted by Crippen LogP contribution is -2.36. The zero-order valence-corrected chi connectivity index (χ0v) is 24.6. The van der Waals surface area contributed by atoms with E-state index in [0.717, 1.165) is 81.8 Å². The Hall–Kier alpha value is -3.35. The first-order valence-electron chi connectivity index (χ1n) is 15.2. The predicted octanol–water partition coefficient (Wildman–Crippen LogP) is 4.44. The van der Waals surface area contributed by atoms with E-state index in [0.29, 0.717) is 6.54 Å². The lowest BCUT2D eigenvalue weighted by Gasteiger charge is -2.22. The third-order valence-corrected chi connectivity index (χ3v) is 8.38. The number of fused-ring (bicyclic) bond motifs is 1. The minimum atomic E-state index is -0.209. The van der Waals surface area contributed by atoms with Gasteiger partial charge in [0.2, 0.25) is 0 Å². The summed E-state index contributed by atoms with van der Waals surface area (Å²) < 4.78 is 21.8. The van der Waals surface area contributed by atoms with Crippen LogP contribution in [0.5, 0.6) is 0 Å². The van der Waals surface area contributed by atoms with E-state index in [1.54, 1.807) is 19.2 Å². The Morgan fingerprint density at radius 1 is 0.951 bits per heavy atom. The third kappa shape index (κ3) is 8.11. The molecule has 0 atom stereocenters. The number of allylic oxidation sites excluding steroid dienone is 1. The standard InChI is InChI=1S/C35H45FN4O/c1-28(37-26-30-12-6-13-32(36)25-30)24-31-27-40(35-33(31)14-7-15-34(35)41-2)20-9-19-38-17-8-18-39(23-22-38)21-16-29-10-4-3-5-11-29/h3-6,10-14,25,27,37H,1,7-9,15-24,26H2,2H3. The Balaban J connectivity index is 1.16. The first-order chi connectivity index (χ1) is 20.1. The van der Waals surface area contributed by atoms with E-state index in [1.807, 2.05) is 6.07 Å². The molecule has 1 fully saturated rings. The van der Waals surface area contributed by atoms with Gasteiger partial charge in [0.1, 0.15) is 11.6 Å². The molecule has 3 aromatic rings. The highest BCUT2D eigenvalue weighted by molar-refractivity contribution is 5.47. The van der Waals surface area contributed by atoms with Crippen LogP contribution in [0.3, 0.4) is 0 Å². The molecule has 5 rings (SSSR count). The van der Waals surface area contributed by atoms with Gasteiger partial charge in [-0.15, -0.1) is 0 Å². The molecule has 1 saturated heterocycles. The minimum Gasteiger partial charge on any atom is -0.499 e. The number of ether oxygens (including phenoxy) is 1. The highest BCUT2D eigenvalue weighted by Gasteiger charge is 2.17. The average Bonchev–Trinajstić information content (AvgIpc) is 3.17. The van der Waals surface area contributed by atoms with Crippen molar-refractivity contribution in [2.45, 2.75) is 51.6 Å². The number of hydrogen-bond acceptors (Lipinski definition) is 4. The largest absolute Gasteiger partial charge is 0.499 e. The zero-order valence-electron chi connectivity index (χ0n) is 24.6. The van der Waals surface area contributed by atoms with Crippen LogP contribution in [0, 0.1) is 5.82 Å². The molecule has 2 aromatic carbocycles. The summed E-state index contributed by atoms with van der Waals surface area (Å²) in [7, 11) is 1.79. The second kappa shape index (κ2) is 14.5. The van der Waals surface area contributed by atoms with Crippen LogP contribution < -0.4 is 15.9 Å². The van der Waals surface area contributed by atoms with E-state index in [9.17, 15) is 4.39 Å². The maximum absolute atomic E-state index is 13.6. The number of methoxy groups -OCH3 is 1. The molecule has 1 aliphatic carbocycles. The number of rotatable bonds is 13. The molecule has 0 unspecified atom stereocenters. The molecule has 5 nitrogen and oxygen atoms in total. The average molecular weight is 557 g/mol. The van der Waals surface area contributed by atoms with E-state index in [1.165, 1.54) is 47.3 Å². The van der Waals surface area contributed by atoms with Gasteiger partial charge < -0.3 is 24.4 Å². The number of aryl methyl sites for hydroxylation is 1. The summed E-state index contributed by atoms with van der Waals surface area (Å²) in [5.74, 6) is 0.870. The van der Waals surface area contributed by atoms with Crippen LogP contribution >= 0.6 is 0 Å². The van der Waals surface area contributed by atoms with Gasteiger partial charge >= 0.3 is 0 Å². The van der Waals surface area contributed by atoms with Gasteiger partial charge in [0, 0.05) is 62.7 Å². The molecule has 1 N–H and O–H groups in total. The maximum Gasteiger partial charge on any atom is 0.123 e. The lowest BCUT2D eigenvalue weighted by atomic mass is 10.1. The Morgan fingerprint density at radius 3 is 2.51 bits per heavy atom. The number of nitrogens with zero attached hydrogens (tertiary/aromatic N) is 3. The van der Waals surface area contributed by atoms with Crippen molar-refractivity contribution >= 4 is 11.8 Å². The molecule has 0 radical (unpaired) electrons. The van der Waals surface area contributed by atoms with Crippen molar-refractivity contribution in [1.82, 2.24) is 19.7 Å². The molecular weight excluding hydrogens is 511 g/mol. The molecular formula is C35H45FN4O. The molecule has 218 valence electrons. The highest BCUT2D eigenvalue weighted by Crippen LogP contribution is 2.13. The fourth-order valence-electron chi connectivity index (χ4n) is 6.18. The second-order valence-electron chi connectivity index (χ2n) is 11.4. The molecule has 2 aliphatic rings. The highest BCUT2D eigenvalue weighted by atomic mass is 19.1. The van der Waals surface area contributed by atoms with E-state index in [4.69, 9.17) is 4.74 Å².